The minimum atomic E-state index is -0.503. The number of nitrogens with zero attached hydrogens (tertiary/aromatic N) is 1. The topological polar surface area (TPSA) is 49.4 Å². The van der Waals surface area contributed by atoms with Gasteiger partial charge >= 0.3 is 0 Å². The fourth-order valence-electron chi connectivity index (χ4n) is 2.75. The molecule has 0 aromatic heterocycles. The average molecular weight is 347 g/mol. The van der Waals surface area contributed by atoms with Gasteiger partial charge in [0.15, 0.2) is 0 Å². The van der Waals surface area contributed by atoms with Gasteiger partial charge < -0.3 is 10.2 Å². The predicted octanol–water partition coefficient (Wildman–Crippen LogP) is 3.78. The van der Waals surface area contributed by atoms with E-state index in [1.165, 1.54) is 17.0 Å². The monoisotopic (exact) mass is 346 g/mol. The van der Waals surface area contributed by atoms with Gasteiger partial charge in [0.2, 0.25) is 11.8 Å². The van der Waals surface area contributed by atoms with Crippen molar-refractivity contribution in [3.8, 4) is 0 Å². The van der Waals surface area contributed by atoms with Crippen molar-refractivity contribution in [1.29, 1.82) is 0 Å². The van der Waals surface area contributed by atoms with E-state index in [2.05, 4.69) is 5.32 Å². The first-order chi connectivity index (χ1) is 11.5. The van der Waals surface area contributed by atoms with E-state index >= 15 is 0 Å². The first kappa shape index (κ1) is 16.5. The van der Waals surface area contributed by atoms with E-state index in [1.54, 1.807) is 37.3 Å². The SMILES string of the molecule is Cc1ccc(F)cc1NC(=O)[C@H]1CC(=O)N(c2ccccc2Cl)C1. The molecule has 0 unspecified atom stereocenters. The van der Waals surface area contributed by atoms with Crippen molar-refractivity contribution in [1.82, 2.24) is 0 Å². The highest BCUT2D eigenvalue weighted by molar-refractivity contribution is 6.33. The zero-order chi connectivity index (χ0) is 17.3. The maximum atomic E-state index is 13.3. The predicted molar refractivity (Wildman–Crippen MR) is 91.7 cm³/mol. The number of rotatable bonds is 3. The van der Waals surface area contributed by atoms with Gasteiger partial charge in [-0.2, -0.15) is 0 Å². The molecular weight excluding hydrogens is 331 g/mol. The van der Waals surface area contributed by atoms with Crippen LogP contribution in [0.3, 0.4) is 0 Å². The third-order valence-corrected chi connectivity index (χ3v) is 4.42. The summed E-state index contributed by atoms with van der Waals surface area (Å²) in [4.78, 5) is 26.2. The minimum absolute atomic E-state index is 0.103. The molecule has 0 saturated carbocycles. The first-order valence-electron chi connectivity index (χ1n) is 7.57. The van der Waals surface area contributed by atoms with Gasteiger partial charge in [0.25, 0.3) is 0 Å². The lowest BCUT2D eigenvalue weighted by Crippen LogP contribution is -2.28. The van der Waals surface area contributed by atoms with E-state index < -0.39 is 11.7 Å². The number of benzene rings is 2. The van der Waals surface area contributed by atoms with Crippen LogP contribution in [-0.4, -0.2) is 18.4 Å². The number of hydrogen-bond acceptors (Lipinski definition) is 2. The number of aryl methyl sites for hydroxylation is 1. The maximum absolute atomic E-state index is 13.3. The molecule has 1 atom stereocenters. The molecule has 4 nitrogen and oxygen atoms in total. The Labute approximate surface area is 144 Å². The third kappa shape index (κ3) is 3.26. The molecule has 3 rings (SSSR count). The summed E-state index contributed by atoms with van der Waals surface area (Å²) >= 11 is 6.13. The first-order valence-corrected chi connectivity index (χ1v) is 7.95. The molecule has 124 valence electrons. The second kappa shape index (κ2) is 6.61. The molecule has 0 bridgehead atoms. The summed E-state index contributed by atoms with van der Waals surface area (Å²) in [6, 6.07) is 11.2. The fraction of sp³-hybridized carbons (Fsp3) is 0.222. The summed E-state index contributed by atoms with van der Waals surface area (Å²) in [6.07, 6.45) is 0.103. The summed E-state index contributed by atoms with van der Waals surface area (Å²) in [7, 11) is 0. The van der Waals surface area contributed by atoms with Gasteiger partial charge in [0, 0.05) is 18.7 Å². The van der Waals surface area contributed by atoms with Crippen LogP contribution in [0.5, 0.6) is 0 Å². The lowest BCUT2D eigenvalue weighted by Gasteiger charge is -2.18. The van der Waals surface area contributed by atoms with Gasteiger partial charge in [-0.1, -0.05) is 29.8 Å². The Morgan fingerprint density at radius 3 is 2.79 bits per heavy atom. The normalized spacial score (nSPS) is 17.2. The quantitative estimate of drug-likeness (QED) is 0.919. The van der Waals surface area contributed by atoms with Crippen molar-refractivity contribution in [2.24, 2.45) is 5.92 Å². The van der Waals surface area contributed by atoms with Crippen LogP contribution < -0.4 is 10.2 Å². The van der Waals surface area contributed by atoms with Gasteiger partial charge in [-0.3, -0.25) is 9.59 Å². The van der Waals surface area contributed by atoms with Crippen molar-refractivity contribution in [3.63, 3.8) is 0 Å². The van der Waals surface area contributed by atoms with Crippen LogP contribution in [0.2, 0.25) is 5.02 Å². The molecule has 1 aliphatic rings. The van der Waals surface area contributed by atoms with Crippen LogP contribution >= 0.6 is 11.6 Å². The van der Waals surface area contributed by atoms with Gasteiger partial charge in [0.05, 0.1) is 16.6 Å². The van der Waals surface area contributed by atoms with E-state index in [0.717, 1.165) is 5.56 Å². The number of carbonyl (C=O) groups excluding carboxylic acids is 2. The molecule has 2 aromatic rings. The Bertz CT molecular complexity index is 809. The van der Waals surface area contributed by atoms with Gasteiger partial charge in [-0.25, -0.2) is 4.39 Å². The number of amides is 2. The van der Waals surface area contributed by atoms with Gasteiger partial charge in [-0.15, -0.1) is 0 Å². The minimum Gasteiger partial charge on any atom is -0.325 e. The standard InChI is InChI=1S/C18H16ClFN2O2/c1-11-6-7-13(20)9-15(11)21-18(24)12-8-17(23)22(10-12)16-5-3-2-4-14(16)19/h2-7,9,12H,8,10H2,1H3,(H,21,24)/t12-/m0/s1. The van der Waals surface area contributed by atoms with Crippen LogP contribution in [0.1, 0.15) is 12.0 Å². The van der Waals surface area contributed by atoms with Gasteiger partial charge in [0.1, 0.15) is 5.82 Å². The molecule has 1 saturated heterocycles. The van der Waals surface area contributed by atoms with Crippen LogP contribution in [0.25, 0.3) is 0 Å². The third-order valence-electron chi connectivity index (χ3n) is 4.10. The largest absolute Gasteiger partial charge is 0.325 e. The van der Waals surface area contributed by atoms with Crippen LogP contribution in [0, 0.1) is 18.7 Å². The summed E-state index contributed by atoms with van der Waals surface area (Å²) in [5.41, 5.74) is 1.78. The molecule has 0 spiro atoms. The van der Waals surface area contributed by atoms with Crippen molar-refractivity contribution in [3.05, 3.63) is 58.9 Å². The molecule has 2 amide bonds. The van der Waals surface area contributed by atoms with Crippen molar-refractivity contribution in [2.45, 2.75) is 13.3 Å². The molecule has 6 heteroatoms. The zero-order valence-electron chi connectivity index (χ0n) is 13.1. The molecule has 24 heavy (non-hydrogen) atoms. The van der Waals surface area contributed by atoms with Crippen LogP contribution in [0.15, 0.2) is 42.5 Å². The molecule has 2 aromatic carbocycles. The lowest BCUT2D eigenvalue weighted by molar-refractivity contribution is -0.122. The van der Waals surface area contributed by atoms with E-state index in [9.17, 15) is 14.0 Å². The Hall–Kier alpha value is -2.40. The zero-order valence-corrected chi connectivity index (χ0v) is 13.8. The van der Waals surface area contributed by atoms with Crippen LogP contribution in [-0.2, 0) is 9.59 Å². The van der Waals surface area contributed by atoms with E-state index in [4.69, 9.17) is 11.6 Å². The van der Waals surface area contributed by atoms with Gasteiger partial charge in [-0.05, 0) is 36.8 Å². The Kier molecular flexibility index (Phi) is 4.53. The maximum Gasteiger partial charge on any atom is 0.229 e. The van der Waals surface area contributed by atoms with E-state index in [-0.39, 0.29) is 24.8 Å². The Morgan fingerprint density at radius 1 is 1.29 bits per heavy atom. The molecule has 0 aliphatic carbocycles. The number of hydrogen-bond donors (Lipinski definition) is 1. The highest BCUT2D eigenvalue weighted by atomic mass is 35.5. The molecule has 1 heterocycles. The lowest BCUT2D eigenvalue weighted by atomic mass is 10.1. The van der Waals surface area contributed by atoms with E-state index in [0.29, 0.717) is 16.4 Å². The van der Waals surface area contributed by atoms with Crippen molar-refractivity contribution < 1.29 is 14.0 Å². The Balaban J connectivity index is 1.75. The highest BCUT2D eigenvalue weighted by Crippen LogP contribution is 2.31. The number of para-hydroxylation sites is 1. The molecule has 1 fully saturated rings. The second-order valence-corrected chi connectivity index (χ2v) is 6.21. The number of anilines is 2. The summed E-state index contributed by atoms with van der Waals surface area (Å²) in [5.74, 6) is -1.38. The highest BCUT2D eigenvalue weighted by Gasteiger charge is 2.36. The van der Waals surface area contributed by atoms with Crippen LogP contribution in [0.4, 0.5) is 15.8 Å². The molecular formula is C18H16ClFN2O2. The molecule has 1 aliphatic heterocycles. The fourth-order valence-corrected chi connectivity index (χ4v) is 2.99. The smallest absolute Gasteiger partial charge is 0.229 e. The average Bonchev–Trinajstić information content (AvgIpc) is 2.93. The second-order valence-electron chi connectivity index (χ2n) is 5.81. The summed E-state index contributed by atoms with van der Waals surface area (Å²) < 4.78 is 13.3. The van der Waals surface area contributed by atoms with E-state index in [1.807, 2.05) is 0 Å². The summed E-state index contributed by atoms with van der Waals surface area (Å²) in [6.45, 7) is 2.04. The van der Waals surface area contributed by atoms with Crippen molar-refractivity contribution in [2.75, 3.05) is 16.8 Å². The number of halogens is 2. The number of nitrogens with one attached hydrogen (secondary N) is 1. The molecule has 1 N–H and O–H groups in total. The number of carbonyl (C=O) groups is 2. The molecule has 0 radical (unpaired) electrons. The van der Waals surface area contributed by atoms with Crippen molar-refractivity contribution >= 4 is 34.8 Å². The summed E-state index contributed by atoms with van der Waals surface area (Å²) in [5, 5.41) is 3.17. The Morgan fingerprint density at radius 2 is 2.04 bits per heavy atom.